The van der Waals surface area contributed by atoms with Gasteiger partial charge in [-0.2, -0.15) is 0 Å². The summed E-state index contributed by atoms with van der Waals surface area (Å²) in [5.74, 6) is 0.599. The molecule has 1 aromatic rings. The van der Waals surface area contributed by atoms with E-state index >= 15 is 0 Å². The number of nitrogens with one attached hydrogen (secondary N) is 2. The zero-order chi connectivity index (χ0) is 16.1. The smallest absolute Gasteiger partial charge is 0.319 e. The summed E-state index contributed by atoms with van der Waals surface area (Å²) < 4.78 is 0. The summed E-state index contributed by atoms with van der Waals surface area (Å²) in [6.45, 7) is 7.61. The zero-order valence-corrected chi connectivity index (χ0v) is 13.5. The Hall–Kier alpha value is -2.04. The first kappa shape index (κ1) is 16.3. The molecule has 120 valence electrons. The van der Waals surface area contributed by atoms with Crippen molar-refractivity contribution in [2.24, 2.45) is 11.8 Å². The number of anilines is 1. The fourth-order valence-electron chi connectivity index (χ4n) is 2.68. The lowest BCUT2D eigenvalue weighted by Crippen LogP contribution is -2.51. The molecular weight excluding hydrogens is 278 g/mol. The molecule has 2 N–H and O–H groups in total. The van der Waals surface area contributed by atoms with Crippen molar-refractivity contribution in [3.05, 3.63) is 30.3 Å². The van der Waals surface area contributed by atoms with Crippen LogP contribution >= 0.6 is 0 Å². The molecule has 0 radical (unpaired) electrons. The number of rotatable bonds is 4. The number of hydrogen-bond donors (Lipinski definition) is 2. The quantitative estimate of drug-likeness (QED) is 0.898. The van der Waals surface area contributed by atoms with Crippen LogP contribution in [0.2, 0.25) is 0 Å². The van der Waals surface area contributed by atoms with Crippen molar-refractivity contribution < 1.29 is 9.59 Å². The van der Waals surface area contributed by atoms with Crippen LogP contribution in [0.15, 0.2) is 30.3 Å². The lowest BCUT2D eigenvalue weighted by molar-refractivity contribution is -0.133. The summed E-state index contributed by atoms with van der Waals surface area (Å²) in [4.78, 5) is 26.6. The van der Waals surface area contributed by atoms with Gasteiger partial charge >= 0.3 is 6.03 Å². The van der Waals surface area contributed by atoms with Crippen molar-refractivity contribution in [2.75, 3.05) is 18.4 Å². The number of carbonyl (C=O) groups is 2. The number of para-hydroxylation sites is 1. The standard InChI is InChI=1S/C17H25N3O2/c1-12(2)15(16(21)20-10-9-13(3)11-20)19-17(22)18-14-7-5-4-6-8-14/h4-8,12-13,15H,9-11H2,1-3H3,(H2,18,19,22)/t13-,15?/m1/s1. The number of amides is 3. The first-order chi connectivity index (χ1) is 10.5. The number of hydrogen-bond acceptors (Lipinski definition) is 2. The summed E-state index contributed by atoms with van der Waals surface area (Å²) in [6, 6.07) is 8.39. The molecule has 1 aromatic carbocycles. The highest BCUT2D eigenvalue weighted by Gasteiger charge is 2.31. The second-order valence-electron chi connectivity index (χ2n) is 6.36. The van der Waals surface area contributed by atoms with E-state index in [1.54, 1.807) is 0 Å². The summed E-state index contributed by atoms with van der Waals surface area (Å²) in [5.41, 5.74) is 0.713. The molecule has 1 saturated heterocycles. The second kappa shape index (κ2) is 7.29. The van der Waals surface area contributed by atoms with Gasteiger partial charge in [0, 0.05) is 18.8 Å². The first-order valence-electron chi connectivity index (χ1n) is 7.88. The summed E-state index contributed by atoms with van der Waals surface area (Å²) in [6.07, 6.45) is 1.03. The van der Waals surface area contributed by atoms with Crippen LogP contribution in [0.4, 0.5) is 10.5 Å². The van der Waals surface area contributed by atoms with Crippen molar-refractivity contribution in [3.63, 3.8) is 0 Å². The van der Waals surface area contributed by atoms with E-state index in [9.17, 15) is 9.59 Å². The molecule has 1 fully saturated rings. The SMILES string of the molecule is CC(C)C(NC(=O)Nc1ccccc1)C(=O)N1CC[C@@H](C)C1. The van der Waals surface area contributed by atoms with Crippen molar-refractivity contribution >= 4 is 17.6 Å². The molecule has 22 heavy (non-hydrogen) atoms. The molecule has 1 unspecified atom stereocenters. The Balaban J connectivity index is 1.96. The Bertz CT molecular complexity index is 516. The van der Waals surface area contributed by atoms with Gasteiger partial charge in [0.15, 0.2) is 0 Å². The van der Waals surface area contributed by atoms with E-state index in [1.807, 2.05) is 49.1 Å². The second-order valence-corrected chi connectivity index (χ2v) is 6.36. The maximum Gasteiger partial charge on any atom is 0.319 e. The Morgan fingerprint density at radius 3 is 2.45 bits per heavy atom. The Morgan fingerprint density at radius 1 is 1.23 bits per heavy atom. The molecule has 1 heterocycles. The minimum Gasteiger partial charge on any atom is -0.341 e. The van der Waals surface area contributed by atoms with E-state index in [1.165, 1.54) is 0 Å². The molecule has 5 heteroatoms. The van der Waals surface area contributed by atoms with Crippen LogP contribution in [0.1, 0.15) is 27.2 Å². The lowest BCUT2D eigenvalue weighted by atomic mass is 10.0. The maximum absolute atomic E-state index is 12.6. The van der Waals surface area contributed by atoms with Gasteiger partial charge in [0.1, 0.15) is 6.04 Å². The van der Waals surface area contributed by atoms with Crippen molar-refractivity contribution in [1.29, 1.82) is 0 Å². The van der Waals surface area contributed by atoms with Crippen LogP contribution in [-0.4, -0.2) is 36.0 Å². The third kappa shape index (κ3) is 4.23. The summed E-state index contributed by atoms with van der Waals surface area (Å²) in [7, 11) is 0. The van der Waals surface area contributed by atoms with E-state index in [0.717, 1.165) is 19.5 Å². The van der Waals surface area contributed by atoms with Crippen LogP contribution in [0.25, 0.3) is 0 Å². The minimum atomic E-state index is -0.492. The van der Waals surface area contributed by atoms with Crippen LogP contribution in [0, 0.1) is 11.8 Å². The van der Waals surface area contributed by atoms with Crippen LogP contribution in [0.5, 0.6) is 0 Å². The molecule has 2 rings (SSSR count). The predicted molar refractivity (Wildman–Crippen MR) is 87.6 cm³/mol. The Labute approximate surface area is 132 Å². The average molecular weight is 303 g/mol. The number of likely N-dealkylation sites (tertiary alicyclic amines) is 1. The molecule has 0 aromatic heterocycles. The fourth-order valence-corrected chi connectivity index (χ4v) is 2.68. The molecule has 0 bridgehead atoms. The number of urea groups is 1. The monoisotopic (exact) mass is 303 g/mol. The lowest BCUT2D eigenvalue weighted by Gasteiger charge is -2.27. The molecule has 3 amide bonds. The molecule has 2 atom stereocenters. The largest absolute Gasteiger partial charge is 0.341 e. The summed E-state index contributed by atoms with van der Waals surface area (Å²) >= 11 is 0. The summed E-state index contributed by atoms with van der Waals surface area (Å²) in [5, 5.41) is 5.58. The normalized spacial score (nSPS) is 19.1. The van der Waals surface area contributed by atoms with E-state index in [-0.39, 0.29) is 17.9 Å². The zero-order valence-electron chi connectivity index (χ0n) is 13.5. The van der Waals surface area contributed by atoms with E-state index in [0.29, 0.717) is 11.6 Å². The highest BCUT2D eigenvalue weighted by atomic mass is 16.2. The van der Waals surface area contributed by atoms with E-state index in [4.69, 9.17) is 0 Å². The Kier molecular flexibility index (Phi) is 5.41. The van der Waals surface area contributed by atoms with E-state index < -0.39 is 6.04 Å². The van der Waals surface area contributed by atoms with Gasteiger partial charge in [-0.15, -0.1) is 0 Å². The van der Waals surface area contributed by atoms with Crippen molar-refractivity contribution in [3.8, 4) is 0 Å². The highest BCUT2D eigenvalue weighted by Crippen LogP contribution is 2.18. The topological polar surface area (TPSA) is 61.4 Å². The first-order valence-corrected chi connectivity index (χ1v) is 7.88. The van der Waals surface area contributed by atoms with Gasteiger partial charge in [-0.25, -0.2) is 4.79 Å². The van der Waals surface area contributed by atoms with Crippen molar-refractivity contribution in [2.45, 2.75) is 33.2 Å². The predicted octanol–water partition coefficient (Wildman–Crippen LogP) is 2.70. The molecule has 1 aliphatic heterocycles. The van der Waals surface area contributed by atoms with Crippen LogP contribution < -0.4 is 10.6 Å². The molecule has 0 spiro atoms. The molecule has 1 aliphatic rings. The van der Waals surface area contributed by atoms with Gasteiger partial charge in [0.25, 0.3) is 0 Å². The molecule has 0 saturated carbocycles. The van der Waals surface area contributed by atoms with Gasteiger partial charge in [-0.3, -0.25) is 4.79 Å². The van der Waals surface area contributed by atoms with Gasteiger partial charge < -0.3 is 15.5 Å². The van der Waals surface area contributed by atoms with Gasteiger partial charge in [0.05, 0.1) is 0 Å². The number of benzene rings is 1. The van der Waals surface area contributed by atoms with Crippen molar-refractivity contribution in [1.82, 2.24) is 10.2 Å². The molecule has 0 aliphatic carbocycles. The molecular formula is C17H25N3O2. The minimum absolute atomic E-state index is 0.0163. The Morgan fingerprint density at radius 2 is 1.91 bits per heavy atom. The maximum atomic E-state index is 12.6. The third-order valence-corrected chi connectivity index (χ3v) is 3.99. The highest BCUT2D eigenvalue weighted by molar-refractivity contribution is 5.93. The fraction of sp³-hybridized carbons (Fsp3) is 0.529. The van der Waals surface area contributed by atoms with Gasteiger partial charge in [-0.05, 0) is 30.4 Å². The van der Waals surface area contributed by atoms with Gasteiger partial charge in [-0.1, -0.05) is 39.0 Å². The third-order valence-electron chi connectivity index (χ3n) is 3.99. The van der Waals surface area contributed by atoms with E-state index in [2.05, 4.69) is 17.6 Å². The van der Waals surface area contributed by atoms with Gasteiger partial charge in [0.2, 0.25) is 5.91 Å². The van der Waals surface area contributed by atoms with Crippen LogP contribution in [0.3, 0.4) is 0 Å². The molecule has 5 nitrogen and oxygen atoms in total. The van der Waals surface area contributed by atoms with Crippen LogP contribution in [-0.2, 0) is 4.79 Å². The number of carbonyl (C=O) groups excluding carboxylic acids is 2. The average Bonchev–Trinajstić information content (AvgIpc) is 2.91. The number of nitrogens with zero attached hydrogens (tertiary/aromatic N) is 1.